The van der Waals surface area contributed by atoms with Crippen LogP contribution in [0.15, 0.2) is 69.9 Å². The quantitative estimate of drug-likeness (QED) is 0.284. The van der Waals surface area contributed by atoms with Crippen LogP contribution in [0.3, 0.4) is 0 Å². The summed E-state index contributed by atoms with van der Waals surface area (Å²) in [5, 5.41) is 0.501. The Balaban J connectivity index is 1.60. The molecule has 1 aromatic heterocycles. The number of amides is 1. The number of carbonyl (C=O) groups excluding carboxylic acids is 1. The van der Waals surface area contributed by atoms with E-state index in [-0.39, 0.29) is 17.1 Å². The van der Waals surface area contributed by atoms with Gasteiger partial charge in [0.2, 0.25) is 5.76 Å². The Bertz CT molecular complexity index is 1520. The lowest BCUT2D eigenvalue weighted by Gasteiger charge is -2.25. The van der Waals surface area contributed by atoms with Crippen molar-refractivity contribution in [3.05, 3.63) is 104 Å². The van der Waals surface area contributed by atoms with Crippen molar-refractivity contribution in [2.24, 2.45) is 0 Å². The molecule has 0 N–H and O–H groups in total. The van der Waals surface area contributed by atoms with Crippen LogP contribution in [0.25, 0.3) is 11.0 Å². The first kappa shape index (κ1) is 24.6. The standard InChI is InChI=1S/C31H31NO5/c1-5-6-14-32-27(22-12-13-24(25(17-22)35-4)36-18-21-10-8-7-9-11-21)26-28(33)23-16-19(2)15-20(3)29(23)37-30(26)31(32)34/h7-13,15-17,27H,5-6,14,18H2,1-4H3. The molecule has 190 valence electrons. The van der Waals surface area contributed by atoms with Crippen LogP contribution in [0.5, 0.6) is 11.5 Å². The lowest BCUT2D eigenvalue weighted by atomic mass is 9.97. The topological polar surface area (TPSA) is 69.0 Å². The summed E-state index contributed by atoms with van der Waals surface area (Å²) in [6, 6.07) is 18.7. The third-order valence-corrected chi connectivity index (χ3v) is 6.89. The van der Waals surface area contributed by atoms with Gasteiger partial charge in [-0.25, -0.2) is 0 Å². The number of methoxy groups -OCH3 is 1. The van der Waals surface area contributed by atoms with E-state index in [1.165, 1.54) is 0 Å². The SMILES string of the molecule is CCCCN1C(=O)c2oc3c(C)cc(C)cc3c(=O)c2C1c1ccc(OCc2ccccc2)c(OC)c1. The summed E-state index contributed by atoms with van der Waals surface area (Å²) in [4.78, 5) is 29.2. The first-order valence-corrected chi connectivity index (χ1v) is 12.7. The molecule has 6 nitrogen and oxygen atoms in total. The number of nitrogens with zero attached hydrogens (tertiary/aromatic N) is 1. The summed E-state index contributed by atoms with van der Waals surface area (Å²) >= 11 is 0. The van der Waals surface area contributed by atoms with Gasteiger partial charge in [0.25, 0.3) is 5.91 Å². The van der Waals surface area contributed by atoms with Gasteiger partial charge in [-0.15, -0.1) is 0 Å². The van der Waals surface area contributed by atoms with E-state index in [0.29, 0.717) is 41.2 Å². The summed E-state index contributed by atoms with van der Waals surface area (Å²) in [5.41, 5.74) is 4.34. The summed E-state index contributed by atoms with van der Waals surface area (Å²) in [7, 11) is 1.59. The fourth-order valence-electron chi connectivity index (χ4n) is 5.09. The van der Waals surface area contributed by atoms with E-state index in [9.17, 15) is 9.59 Å². The van der Waals surface area contributed by atoms with Crippen molar-refractivity contribution < 1.29 is 18.7 Å². The van der Waals surface area contributed by atoms with Crippen LogP contribution >= 0.6 is 0 Å². The Hall–Kier alpha value is -4.06. The fourth-order valence-corrected chi connectivity index (χ4v) is 5.09. The molecule has 0 radical (unpaired) electrons. The van der Waals surface area contributed by atoms with Crippen molar-refractivity contribution in [2.45, 2.75) is 46.3 Å². The number of fused-ring (bicyclic) bond motifs is 2. The lowest BCUT2D eigenvalue weighted by Crippen LogP contribution is -2.30. The van der Waals surface area contributed by atoms with E-state index in [1.54, 1.807) is 12.0 Å². The van der Waals surface area contributed by atoms with Crippen molar-refractivity contribution in [3.63, 3.8) is 0 Å². The molecule has 1 unspecified atom stereocenters. The number of carbonyl (C=O) groups is 1. The molecule has 0 aliphatic carbocycles. The van der Waals surface area contributed by atoms with Crippen molar-refractivity contribution in [2.75, 3.05) is 13.7 Å². The molecule has 1 atom stereocenters. The summed E-state index contributed by atoms with van der Waals surface area (Å²) < 4.78 is 17.9. The van der Waals surface area contributed by atoms with Gasteiger partial charge in [-0.3, -0.25) is 9.59 Å². The predicted octanol–water partition coefficient (Wildman–Crippen LogP) is 6.34. The molecule has 0 spiro atoms. The van der Waals surface area contributed by atoms with E-state index in [1.807, 2.05) is 74.5 Å². The molecular formula is C31H31NO5. The zero-order chi connectivity index (χ0) is 26.1. The number of benzene rings is 3. The second-order valence-electron chi connectivity index (χ2n) is 9.57. The zero-order valence-electron chi connectivity index (χ0n) is 21.7. The molecule has 3 aromatic carbocycles. The van der Waals surface area contributed by atoms with Crippen LogP contribution in [0.1, 0.15) is 64.2 Å². The second kappa shape index (κ2) is 10.1. The van der Waals surface area contributed by atoms with Crippen molar-refractivity contribution in [1.29, 1.82) is 0 Å². The molecule has 0 bridgehead atoms. The van der Waals surface area contributed by atoms with E-state index in [0.717, 1.165) is 35.1 Å². The minimum atomic E-state index is -0.562. The van der Waals surface area contributed by atoms with Crippen LogP contribution in [0.4, 0.5) is 0 Å². The molecule has 1 aliphatic rings. The molecule has 37 heavy (non-hydrogen) atoms. The van der Waals surface area contributed by atoms with Crippen LogP contribution in [-0.4, -0.2) is 24.5 Å². The molecule has 2 heterocycles. The van der Waals surface area contributed by atoms with Crippen LogP contribution in [0, 0.1) is 13.8 Å². The number of rotatable bonds is 8. The van der Waals surface area contributed by atoms with Gasteiger partial charge >= 0.3 is 0 Å². The van der Waals surface area contributed by atoms with Crippen molar-refractivity contribution in [1.82, 2.24) is 4.90 Å². The van der Waals surface area contributed by atoms with Gasteiger partial charge in [-0.05, 0) is 60.7 Å². The van der Waals surface area contributed by atoms with Crippen LogP contribution in [-0.2, 0) is 6.61 Å². The average molecular weight is 498 g/mol. The first-order valence-electron chi connectivity index (χ1n) is 12.7. The third-order valence-electron chi connectivity index (χ3n) is 6.89. The maximum absolute atomic E-state index is 13.9. The highest BCUT2D eigenvalue weighted by Gasteiger charge is 2.42. The normalized spacial score (nSPS) is 14.8. The fraction of sp³-hybridized carbons (Fsp3) is 0.290. The van der Waals surface area contributed by atoms with Gasteiger partial charge in [0, 0.05) is 6.54 Å². The van der Waals surface area contributed by atoms with Crippen molar-refractivity contribution in [3.8, 4) is 11.5 Å². The number of hydrogen-bond donors (Lipinski definition) is 0. The molecule has 1 amide bonds. The summed E-state index contributed by atoms with van der Waals surface area (Å²) in [5.74, 6) is 1.02. The maximum Gasteiger partial charge on any atom is 0.290 e. The average Bonchev–Trinajstić information content (AvgIpc) is 3.19. The summed E-state index contributed by atoms with van der Waals surface area (Å²) in [6.45, 7) is 6.85. The van der Waals surface area contributed by atoms with Crippen LogP contribution in [0.2, 0.25) is 0 Å². The molecular weight excluding hydrogens is 466 g/mol. The molecule has 4 aromatic rings. The Morgan fingerprint density at radius 2 is 1.76 bits per heavy atom. The minimum absolute atomic E-state index is 0.133. The Labute approximate surface area is 216 Å². The highest BCUT2D eigenvalue weighted by atomic mass is 16.5. The predicted molar refractivity (Wildman–Crippen MR) is 144 cm³/mol. The van der Waals surface area contributed by atoms with E-state index >= 15 is 0 Å². The Kier molecular flexibility index (Phi) is 6.74. The number of hydrogen-bond acceptors (Lipinski definition) is 5. The number of ether oxygens (including phenoxy) is 2. The molecule has 0 saturated heterocycles. The van der Waals surface area contributed by atoms with E-state index in [2.05, 4.69) is 6.92 Å². The zero-order valence-corrected chi connectivity index (χ0v) is 21.7. The molecule has 1 aliphatic heterocycles. The number of unbranched alkanes of at least 4 members (excludes halogenated alkanes) is 1. The van der Waals surface area contributed by atoms with E-state index < -0.39 is 6.04 Å². The van der Waals surface area contributed by atoms with Crippen molar-refractivity contribution >= 4 is 16.9 Å². The highest BCUT2D eigenvalue weighted by Crippen LogP contribution is 2.41. The lowest BCUT2D eigenvalue weighted by molar-refractivity contribution is 0.0725. The second-order valence-corrected chi connectivity index (χ2v) is 9.57. The van der Waals surface area contributed by atoms with Gasteiger partial charge in [0.15, 0.2) is 16.9 Å². The highest BCUT2D eigenvalue weighted by molar-refractivity contribution is 5.99. The molecule has 0 saturated carbocycles. The van der Waals surface area contributed by atoms with Gasteiger partial charge in [-0.2, -0.15) is 0 Å². The summed E-state index contributed by atoms with van der Waals surface area (Å²) in [6.07, 6.45) is 1.74. The van der Waals surface area contributed by atoms with Gasteiger partial charge in [0.05, 0.1) is 24.1 Å². The smallest absolute Gasteiger partial charge is 0.290 e. The first-order chi connectivity index (χ1) is 17.9. The maximum atomic E-state index is 13.9. The molecule has 6 heteroatoms. The number of aryl methyl sites for hydroxylation is 2. The molecule has 0 fully saturated rings. The Morgan fingerprint density at radius 3 is 2.49 bits per heavy atom. The van der Waals surface area contributed by atoms with Crippen LogP contribution < -0.4 is 14.9 Å². The molecule has 5 rings (SSSR count). The minimum Gasteiger partial charge on any atom is -0.493 e. The monoisotopic (exact) mass is 497 g/mol. The van der Waals surface area contributed by atoms with Gasteiger partial charge < -0.3 is 18.8 Å². The van der Waals surface area contributed by atoms with Gasteiger partial charge in [0.1, 0.15) is 12.2 Å². The third kappa shape index (κ3) is 4.48. The largest absolute Gasteiger partial charge is 0.493 e. The van der Waals surface area contributed by atoms with E-state index in [4.69, 9.17) is 13.9 Å². The Morgan fingerprint density at radius 1 is 0.973 bits per heavy atom. The van der Waals surface area contributed by atoms with Gasteiger partial charge in [-0.1, -0.05) is 55.8 Å².